The molecule has 1 aliphatic heterocycles. The van der Waals surface area contributed by atoms with E-state index in [2.05, 4.69) is 0 Å². The first kappa shape index (κ1) is 14.0. The molecule has 7 heteroatoms. The Kier molecular flexibility index (Phi) is 3.89. The van der Waals surface area contributed by atoms with Gasteiger partial charge in [0.25, 0.3) is 0 Å². The Morgan fingerprint density at radius 1 is 1.16 bits per heavy atom. The standard InChI is InChI=1S/C12H12ClF3N2O/c13-9-2-1-3-10(8-9)17-4-6-18(7-5-17)11(19)12(14,15)16/h1-3,8H,4-7H2. The molecule has 1 aromatic rings. The van der Waals surface area contributed by atoms with Crippen molar-refractivity contribution in [2.24, 2.45) is 0 Å². The van der Waals surface area contributed by atoms with Crippen LogP contribution in [0.4, 0.5) is 18.9 Å². The van der Waals surface area contributed by atoms with Crippen LogP contribution in [-0.4, -0.2) is 43.2 Å². The van der Waals surface area contributed by atoms with Gasteiger partial charge >= 0.3 is 12.1 Å². The Balaban J connectivity index is 1.98. The molecule has 0 N–H and O–H groups in total. The molecular weight excluding hydrogens is 281 g/mol. The van der Waals surface area contributed by atoms with Crippen LogP contribution in [0.25, 0.3) is 0 Å². The number of benzene rings is 1. The van der Waals surface area contributed by atoms with Gasteiger partial charge < -0.3 is 9.80 Å². The van der Waals surface area contributed by atoms with Crippen LogP contribution in [0, 0.1) is 0 Å². The van der Waals surface area contributed by atoms with Crippen molar-refractivity contribution in [2.75, 3.05) is 31.1 Å². The molecule has 1 amide bonds. The lowest BCUT2D eigenvalue weighted by Gasteiger charge is -2.36. The molecule has 0 saturated carbocycles. The molecule has 1 aliphatic rings. The summed E-state index contributed by atoms with van der Waals surface area (Å²) < 4.78 is 36.9. The van der Waals surface area contributed by atoms with Crippen LogP contribution in [0.2, 0.25) is 5.02 Å². The molecule has 1 saturated heterocycles. The van der Waals surface area contributed by atoms with Gasteiger partial charge in [-0.15, -0.1) is 0 Å². The van der Waals surface area contributed by atoms with Crippen LogP contribution in [0.15, 0.2) is 24.3 Å². The number of carbonyl (C=O) groups excluding carboxylic acids is 1. The average molecular weight is 293 g/mol. The minimum Gasteiger partial charge on any atom is -0.368 e. The van der Waals surface area contributed by atoms with Gasteiger partial charge in [0, 0.05) is 36.9 Å². The zero-order valence-corrected chi connectivity index (χ0v) is 10.7. The van der Waals surface area contributed by atoms with Gasteiger partial charge in [0.2, 0.25) is 0 Å². The number of anilines is 1. The summed E-state index contributed by atoms with van der Waals surface area (Å²) in [4.78, 5) is 13.8. The number of alkyl halides is 3. The lowest BCUT2D eigenvalue weighted by molar-refractivity contribution is -0.185. The van der Waals surface area contributed by atoms with E-state index in [1.807, 2.05) is 11.0 Å². The largest absolute Gasteiger partial charge is 0.471 e. The SMILES string of the molecule is O=C(N1CCN(c2cccc(Cl)c2)CC1)C(F)(F)F. The molecule has 1 fully saturated rings. The number of amides is 1. The Morgan fingerprint density at radius 2 is 1.79 bits per heavy atom. The smallest absolute Gasteiger partial charge is 0.368 e. The summed E-state index contributed by atoms with van der Waals surface area (Å²) in [5.74, 6) is -1.77. The van der Waals surface area contributed by atoms with Gasteiger partial charge in [0.05, 0.1) is 0 Å². The molecule has 2 rings (SSSR count). The molecule has 0 aromatic heterocycles. The molecule has 104 valence electrons. The maximum atomic E-state index is 12.3. The zero-order chi connectivity index (χ0) is 14.0. The fraction of sp³-hybridized carbons (Fsp3) is 0.417. The fourth-order valence-electron chi connectivity index (χ4n) is 2.02. The second kappa shape index (κ2) is 5.28. The highest BCUT2D eigenvalue weighted by molar-refractivity contribution is 6.30. The van der Waals surface area contributed by atoms with Gasteiger partial charge in [-0.2, -0.15) is 13.2 Å². The van der Waals surface area contributed by atoms with E-state index in [4.69, 9.17) is 11.6 Å². The fourth-order valence-corrected chi connectivity index (χ4v) is 2.20. The summed E-state index contributed by atoms with van der Waals surface area (Å²) in [6.45, 7) is 0.847. The molecule has 0 bridgehead atoms. The summed E-state index contributed by atoms with van der Waals surface area (Å²) in [5, 5.41) is 0.575. The van der Waals surface area contributed by atoms with Crippen molar-refractivity contribution in [3.63, 3.8) is 0 Å². The van der Waals surface area contributed by atoms with E-state index >= 15 is 0 Å². The zero-order valence-electron chi connectivity index (χ0n) is 9.95. The van der Waals surface area contributed by atoms with E-state index in [0.29, 0.717) is 18.1 Å². The van der Waals surface area contributed by atoms with E-state index in [9.17, 15) is 18.0 Å². The minimum absolute atomic E-state index is 0.0604. The molecule has 0 radical (unpaired) electrons. The Morgan fingerprint density at radius 3 is 2.32 bits per heavy atom. The molecular formula is C12H12ClF3N2O. The van der Waals surface area contributed by atoms with Crippen molar-refractivity contribution in [2.45, 2.75) is 6.18 Å². The highest BCUT2D eigenvalue weighted by Crippen LogP contribution is 2.23. The van der Waals surface area contributed by atoms with Crippen molar-refractivity contribution in [1.29, 1.82) is 0 Å². The number of nitrogens with zero attached hydrogens (tertiary/aromatic N) is 2. The molecule has 0 spiro atoms. The summed E-state index contributed by atoms with van der Waals surface area (Å²) >= 11 is 5.86. The highest BCUT2D eigenvalue weighted by atomic mass is 35.5. The predicted octanol–water partition coefficient (Wildman–Crippen LogP) is 2.55. The van der Waals surface area contributed by atoms with Gasteiger partial charge in [-0.25, -0.2) is 0 Å². The van der Waals surface area contributed by atoms with Crippen molar-refractivity contribution >= 4 is 23.2 Å². The van der Waals surface area contributed by atoms with Crippen LogP contribution in [0.3, 0.4) is 0 Å². The Labute approximate surface area is 113 Å². The summed E-state index contributed by atoms with van der Waals surface area (Å²) in [6.07, 6.45) is -4.79. The topological polar surface area (TPSA) is 23.6 Å². The molecule has 1 heterocycles. The Bertz CT molecular complexity index is 470. The normalized spacial score (nSPS) is 16.6. The third kappa shape index (κ3) is 3.32. The number of rotatable bonds is 1. The maximum absolute atomic E-state index is 12.3. The number of halogens is 4. The molecule has 0 atom stereocenters. The molecule has 0 unspecified atom stereocenters. The van der Waals surface area contributed by atoms with Gasteiger partial charge in [0.1, 0.15) is 0 Å². The van der Waals surface area contributed by atoms with E-state index in [0.717, 1.165) is 10.6 Å². The van der Waals surface area contributed by atoms with E-state index < -0.39 is 12.1 Å². The summed E-state index contributed by atoms with van der Waals surface area (Å²) in [6, 6.07) is 7.11. The summed E-state index contributed by atoms with van der Waals surface area (Å²) in [5.41, 5.74) is 0.853. The van der Waals surface area contributed by atoms with E-state index in [-0.39, 0.29) is 13.1 Å². The van der Waals surface area contributed by atoms with Crippen LogP contribution in [0.5, 0.6) is 0 Å². The molecule has 1 aromatic carbocycles. The van der Waals surface area contributed by atoms with Crippen LogP contribution >= 0.6 is 11.6 Å². The van der Waals surface area contributed by atoms with Crippen molar-refractivity contribution in [3.05, 3.63) is 29.3 Å². The van der Waals surface area contributed by atoms with Gasteiger partial charge in [-0.3, -0.25) is 4.79 Å². The highest BCUT2D eigenvalue weighted by Gasteiger charge is 2.43. The monoisotopic (exact) mass is 292 g/mol. The van der Waals surface area contributed by atoms with Gasteiger partial charge in [0.15, 0.2) is 0 Å². The second-order valence-electron chi connectivity index (χ2n) is 4.26. The van der Waals surface area contributed by atoms with Crippen LogP contribution in [0.1, 0.15) is 0 Å². The van der Waals surface area contributed by atoms with Crippen molar-refractivity contribution < 1.29 is 18.0 Å². The molecule has 3 nitrogen and oxygen atoms in total. The first-order valence-electron chi connectivity index (χ1n) is 5.74. The van der Waals surface area contributed by atoms with Crippen LogP contribution in [-0.2, 0) is 4.79 Å². The average Bonchev–Trinajstić information content (AvgIpc) is 2.37. The number of hydrogen-bond donors (Lipinski definition) is 0. The summed E-state index contributed by atoms with van der Waals surface area (Å²) in [7, 11) is 0. The van der Waals surface area contributed by atoms with Crippen molar-refractivity contribution in [1.82, 2.24) is 4.90 Å². The van der Waals surface area contributed by atoms with Gasteiger partial charge in [-0.1, -0.05) is 17.7 Å². The lowest BCUT2D eigenvalue weighted by atomic mass is 10.2. The molecule has 0 aliphatic carbocycles. The number of hydrogen-bond acceptors (Lipinski definition) is 2. The second-order valence-corrected chi connectivity index (χ2v) is 4.69. The predicted molar refractivity (Wildman–Crippen MR) is 66.3 cm³/mol. The number of piperazine rings is 1. The molecule has 19 heavy (non-hydrogen) atoms. The quantitative estimate of drug-likeness (QED) is 0.794. The maximum Gasteiger partial charge on any atom is 0.471 e. The first-order chi connectivity index (χ1) is 8.88. The first-order valence-corrected chi connectivity index (χ1v) is 6.12. The van der Waals surface area contributed by atoms with Crippen molar-refractivity contribution in [3.8, 4) is 0 Å². The van der Waals surface area contributed by atoms with E-state index in [1.54, 1.807) is 18.2 Å². The number of carbonyl (C=O) groups is 1. The lowest BCUT2D eigenvalue weighted by Crippen LogP contribution is -2.52. The minimum atomic E-state index is -4.79. The van der Waals surface area contributed by atoms with Crippen LogP contribution < -0.4 is 4.90 Å². The van der Waals surface area contributed by atoms with E-state index in [1.165, 1.54) is 0 Å². The Hall–Kier alpha value is -1.43. The third-order valence-electron chi connectivity index (χ3n) is 2.98. The van der Waals surface area contributed by atoms with Gasteiger partial charge in [-0.05, 0) is 18.2 Å². The third-order valence-corrected chi connectivity index (χ3v) is 3.22.